The van der Waals surface area contributed by atoms with Gasteiger partial charge in [-0.05, 0) is 38.5 Å². The number of carbonyl (C=O) groups excluding carboxylic acids is 1. The van der Waals surface area contributed by atoms with Crippen LogP contribution in [-0.4, -0.2) is 87.5 Å². The van der Waals surface area contributed by atoms with Crippen LogP contribution >= 0.6 is 0 Å². The molecule has 6 N–H and O–H groups in total. The topological polar surface area (TPSA) is 149 Å². The molecule has 0 radical (unpaired) electrons. The van der Waals surface area contributed by atoms with Crippen molar-refractivity contribution in [2.75, 3.05) is 13.2 Å². The number of aliphatic hydroxyl groups is 5. The summed E-state index contributed by atoms with van der Waals surface area (Å²) in [5.41, 5.74) is 0. The summed E-state index contributed by atoms with van der Waals surface area (Å²) in [6.07, 6.45) is 77.3. The van der Waals surface area contributed by atoms with Crippen molar-refractivity contribution in [3.63, 3.8) is 0 Å². The molecule has 1 aliphatic heterocycles. The second kappa shape index (κ2) is 64.9. The molecular formula is C75H147NO8. The van der Waals surface area contributed by atoms with E-state index in [-0.39, 0.29) is 12.5 Å². The average molecular weight is 1190 g/mol. The molecule has 9 nitrogen and oxygen atoms in total. The molecule has 1 amide bonds. The fourth-order valence-corrected chi connectivity index (χ4v) is 12.7. The molecule has 500 valence electrons. The molecule has 1 saturated heterocycles. The zero-order chi connectivity index (χ0) is 60.7. The molecule has 0 aliphatic carbocycles. The molecule has 0 spiro atoms. The van der Waals surface area contributed by atoms with Crippen molar-refractivity contribution in [1.29, 1.82) is 0 Å². The van der Waals surface area contributed by atoms with Crippen LogP contribution in [0.5, 0.6) is 0 Å². The van der Waals surface area contributed by atoms with Crippen molar-refractivity contribution < 1.29 is 39.8 Å². The van der Waals surface area contributed by atoms with E-state index in [0.29, 0.717) is 12.8 Å². The van der Waals surface area contributed by atoms with Gasteiger partial charge in [-0.1, -0.05) is 373 Å². The second-order valence-electron chi connectivity index (χ2n) is 26.8. The summed E-state index contributed by atoms with van der Waals surface area (Å²) in [7, 11) is 0. The van der Waals surface area contributed by atoms with Crippen LogP contribution in [0.15, 0.2) is 12.2 Å². The van der Waals surface area contributed by atoms with Gasteiger partial charge < -0.3 is 40.3 Å². The number of hydrogen-bond donors (Lipinski definition) is 6. The Hall–Kier alpha value is -1.07. The van der Waals surface area contributed by atoms with Gasteiger partial charge in [0, 0.05) is 6.42 Å². The molecule has 1 fully saturated rings. The van der Waals surface area contributed by atoms with Gasteiger partial charge in [0.2, 0.25) is 5.91 Å². The number of amides is 1. The van der Waals surface area contributed by atoms with E-state index in [2.05, 4.69) is 31.3 Å². The fourth-order valence-electron chi connectivity index (χ4n) is 12.7. The summed E-state index contributed by atoms with van der Waals surface area (Å²) >= 11 is 0. The Bertz CT molecular complexity index is 1330. The van der Waals surface area contributed by atoms with Crippen LogP contribution in [0.3, 0.4) is 0 Å². The van der Waals surface area contributed by atoms with E-state index < -0.39 is 49.5 Å². The number of allylic oxidation sites excluding steroid dienone is 2. The van der Waals surface area contributed by atoms with Gasteiger partial charge in [-0.25, -0.2) is 0 Å². The third-order valence-corrected chi connectivity index (χ3v) is 18.6. The van der Waals surface area contributed by atoms with Gasteiger partial charge in [-0.15, -0.1) is 0 Å². The Morgan fingerprint density at radius 3 is 0.964 bits per heavy atom. The highest BCUT2D eigenvalue weighted by Crippen LogP contribution is 2.24. The van der Waals surface area contributed by atoms with E-state index in [0.717, 1.165) is 38.5 Å². The zero-order valence-electron chi connectivity index (χ0n) is 56.2. The molecule has 0 aromatic rings. The molecule has 0 aromatic heterocycles. The SMILES string of the molecule is CCCCCCCCCC/C=C\CCCCCCCCCCCCCCCCCCCCCC(=O)NC(COC1OC(CO)C(O)C(O)C1O)C(O)CCCCCCCCCCCCCCCCCCCCCCCCCCCCCCCC. The third-order valence-electron chi connectivity index (χ3n) is 18.6. The minimum Gasteiger partial charge on any atom is -0.394 e. The molecule has 1 heterocycles. The largest absolute Gasteiger partial charge is 0.394 e. The van der Waals surface area contributed by atoms with Crippen molar-refractivity contribution in [3.05, 3.63) is 12.2 Å². The summed E-state index contributed by atoms with van der Waals surface area (Å²) in [5.74, 6) is -0.134. The van der Waals surface area contributed by atoms with Gasteiger partial charge in [-0.3, -0.25) is 4.79 Å². The van der Waals surface area contributed by atoms with E-state index in [1.165, 1.54) is 340 Å². The average Bonchev–Trinajstić information content (AvgIpc) is 3.70. The molecule has 0 saturated carbocycles. The van der Waals surface area contributed by atoms with Gasteiger partial charge in [0.05, 0.1) is 25.4 Å². The van der Waals surface area contributed by atoms with E-state index in [9.17, 15) is 30.3 Å². The molecule has 7 atom stereocenters. The Labute approximate surface area is 522 Å². The summed E-state index contributed by atoms with van der Waals surface area (Å²) in [4.78, 5) is 13.2. The second-order valence-corrected chi connectivity index (χ2v) is 26.8. The van der Waals surface area contributed by atoms with Crippen molar-refractivity contribution in [2.24, 2.45) is 0 Å². The highest BCUT2D eigenvalue weighted by molar-refractivity contribution is 5.76. The van der Waals surface area contributed by atoms with Crippen LogP contribution in [0.4, 0.5) is 0 Å². The predicted molar refractivity (Wildman–Crippen MR) is 360 cm³/mol. The van der Waals surface area contributed by atoms with Crippen LogP contribution in [0, 0.1) is 0 Å². The smallest absolute Gasteiger partial charge is 0.220 e. The van der Waals surface area contributed by atoms with Crippen molar-refractivity contribution in [2.45, 2.75) is 448 Å². The Morgan fingerprint density at radius 1 is 0.393 bits per heavy atom. The normalized spacial score (nSPS) is 18.1. The Kier molecular flexibility index (Phi) is 62.5. The highest BCUT2D eigenvalue weighted by atomic mass is 16.7. The fraction of sp³-hybridized carbons (Fsp3) is 0.960. The number of unbranched alkanes of at least 4 members (excludes halogenated alkanes) is 56. The van der Waals surface area contributed by atoms with Crippen molar-refractivity contribution >= 4 is 5.91 Å². The quantitative estimate of drug-likeness (QED) is 0.0261. The van der Waals surface area contributed by atoms with Crippen molar-refractivity contribution in [3.8, 4) is 0 Å². The number of nitrogens with one attached hydrogen (secondary N) is 1. The van der Waals surface area contributed by atoms with Gasteiger partial charge in [-0.2, -0.15) is 0 Å². The first kappa shape index (κ1) is 80.9. The third kappa shape index (κ3) is 52.8. The molecular weight excluding hydrogens is 1040 g/mol. The minimum absolute atomic E-state index is 0.132. The maximum absolute atomic E-state index is 13.2. The monoisotopic (exact) mass is 1190 g/mol. The first-order valence-corrected chi connectivity index (χ1v) is 37.9. The van der Waals surface area contributed by atoms with Crippen LogP contribution in [0.25, 0.3) is 0 Å². The zero-order valence-corrected chi connectivity index (χ0v) is 56.2. The first-order valence-electron chi connectivity index (χ1n) is 37.9. The number of aliphatic hydroxyl groups excluding tert-OH is 5. The minimum atomic E-state index is -1.55. The molecule has 1 rings (SSSR count). The molecule has 1 aliphatic rings. The Balaban J connectivity index is 2.07. The maximum atomic E-state index is 13.2. The lowest BCUT2D eigenvalue weighted by atomic mass is 9.99. The summed E-state index contributed by atoms with van der Waals surface area (Å²) < 4.78 is 11.4. The van der Waals surface area contributed by atoms with Gasteiger partial charge in [0.15, 0.2) is 6.29 Å². The number of ether oxygens (including phenoxy) is 2. The molecule has 7 unspecified atom stereocenters. The lowest BCUT2D eigenvalue weighted by Crippen LogP contribution is -2.60. The van der Waals surface area contributed by atoms with E-state index in [4.69, 9.17) is 9.47 Å². The summed E-state index contributed by atoms with van der Waals surface area (Å²) in [5, 5.41) is 55.0. The first-order chi connectivity index (χ1) is 41.3. The lowest BCUT2D eigenvalue weighted by Gasteiger charge is -2.40. The Morgan fingerprint density at radius 2 is 0.667 bits per heavy atom. The van der Waals surface area contributed by atoms with Gasteiger partial charge in [0.25, 0.3) is 0 Å². The van der Waals surface area contributed by atoms with Crippen LogP contribution in [-0.2, 0) is 14.3 Å². The summed E-state index contributed by atoms with van der Waals surface area (Å²) in [6, 6.07) is -0.717. The van der Waals surface area contributed by atoms with Gasteiger partial charge >= 0.3 is 0 Å². The van der Waals surface area contributed by atoms with Gasteiger partial charge in [0.1, 0.15) is 24.4 Å². The van der Waals surface area contributed by atoms with E-state index in [1.54, 1.807) is 0 Å². The molecule has 84 heavy (non-hydrogen) atoms. The lowest BCUT2D eigenvalue weighted by molar-refractivity contribution is -0.302. The van der Waals surface area contributed by atoms with Crippen LogP contribution in [0.2, 0.25) is 0 Å². The number of rotatable bonds is 68. The van der Waals surface area contributed by atoms with Crippen molar-refractivity contribution in [1.82, 2.24) is 5.32 Å². The van der Waals surface area contributed by atoms with Crippen LogP contribution in [0.1, 0.15) is 406 Å². The molecule has 0 bridgehead atoms. The highest BCUT2D eigenvalue weighted by Gasteiger charge is 2.44. The predicted octanol–water partition coefficient (Wildman–Crippen LogP) is 21.0. The standard InChI is InChI=1S/C75H147NO8/c1-3-5-7-9-11-13-15-17-19-21-23-25-27-29-31-33-35-37-39-41-43-45-47-49-51-53-55-57-59-61-63-65-71(79)76-68(67-83-75-74(82)73(81)72(80)70(66-77)84-75)69(78)64-62-60-58-56-54-52-50-48-46-44-42-40-38-36-34-32-30-28-26-24-22-20-18-16-14-12-10-8-6-4-2/h21,23,68-70,72-75,77-78,80-82H,3-20,22,24-67H2,1-2H3,(H,76,79)/b23-21-. The number of carbonyl (C=O) groups is 1. The molecule has 0 aromatic carbocycles. The number of hydrogen-bond acceptors (Lipinski definition) is 8. The van der Waals surface area contributed by atoms with E-state index in [1.807, 2.05) is 0 Å². The van der Waals surface area contributed by atoms with E-state index >= 15 is 0 Å². The molecule has 9 heteroatoms. The maximum Gasteiger partial charge on any atom is 0.220 e. The van der Waals surface area contributed by atoms with Crippen LogP contribution < -0.4 is 5.32 Å². The summed E-state index contributed by atoms with van der Waals surface area (Å²) in [6.45, 7) is 3.91.